The third kappa shape index (κ3) is 5.43. The fourth-order valence-electron chi connectivity index (χ4n) is 8.88. The fourth-order valence-corrected chi connectivity index (χ4v) is 8.88. The lowest BCUT2D eigenvalue weighted by Crippen LogP contribution is -2.58. The molecule has 1 aromatic carbocycles. The van der Waals surface area contributed by atoms with E-state index in [-0.39, 0.29) is 23.8 Å². The molecule has 8 heteroatoms. The molecule has 5 aliphatic rings. The zero-order valence-electron chi connectivity index (χ0n) is 26.6. The van der Waals surface area contributed by atoms with Gasteiger partial charge in [-0.2, -0.15) is 0 Å². The van der Waals surface area contributed by atoms with Crippen LogP contribution in [0.15, 0.2) is 30.4 Å². The molecule has 4 aliphatic heterocycles. The Hall–Kier alpha value is -2.71. The van der Waals surface area contributed by atoms with Gasteiger partial charge in [0.1, 0.15) is 11.6 Å². The van der Waals surface area contributed by atoms with Gasteiger partial charge in [-0.1, -0.05) is 58.3 Å². The summed E-state index contributed by atoms with van der Waals surface area (Å²) in [6.07, 6.45) is 11.2. The summed E-state index contributed by atoms with van der Waals surface area (Å²) in [5, 5.41) is 6.46. The molecular formula is C35H50N4O4. The summed E-state index contributed by atoms with van der Waals surface area (Å²) in [6.45, 7) is 12.9. The van der Waals surface area contributed by atoms with E-state index in [9.17, 15) is 14.4 Å². The van der Waals surface area contributed by atoms with E-state index in [1.165, 1.54) is 19.3 Å². The van der Waals surface area contributed by atoms with E-state index in [0.717, 1.165) is 55.6 Å². The molecule has 1 saturated carbocycles. The molecule has 0 unspecified atom stereocenters. The van der Waals surface area contributed by atoms with Crippen LogP contribution in [-0.2, 0) is 19.1 Å². The molecule has 4 heterocycles. The number of ether oxygens (including phenoxy) is 1. The molecule has 3 saturated heterocycles. The standard InChI is InChI=1S/C35H50N4O4/c1-6-26-11-7-8-15-38(26)16-17-39-31(33(41)37-27-12-9-10-23(4)24(27)5)35-14-13-28(43-35)29(30(35)34(39)42)32(40)36-25-19-21(2)18-22(3)20-25/h13-14,18-20,23-24,26-31H,6-12,15-17H2,1-5H3,(H,36,40)(H,37,41)/t23-,24+,26+,27+,28-,29+,30-,31-,35-/m0/s1. The Balaban J connectivity index is 1.28. The third-order valence-electron chi connectivity index (χ3n) is 11.3. The highest BCUT2D eigenvalue weighted by Gasteiger charge is 2.72. The van der Waals surface area contributed by atoms with Crippen molar-refractivity contribution in [2.24, 2.45) is 23.7 Å². The number of benzene rings is 1. The number of piperidine rings is 1. The van der Waals surface area contributed by atoms with Crippen molar-refractivity contribution >= 4 is 23.4 Å². The first kappa shape index (κ1) is 30.3. The van der Waals surface area contributed by atoms with Crippen molar-refractivity contribution in [1.29, 1.82) is 0 Å². The van der Waals surface area contributed by atoms with E-state index < -0.39 is 29.6 Å². The molecule has 0 radical (unpaired) electrons. The van der Waals surface area contributed by atoms with Crippen molar-refractivity contribution in [3.8, 4) is 0 Å². The summed E-state index contributed by atoms with van der Waals surface area (Å²) in [5.74, 6) is -1.02. The highest BCUT2D eigenvalue weighted by molar-refractivity contribution is 6.02. The summed E-state index contributed by atoms with van der Waals surface area (Å²) in [4.78, 5) is 46.9. The zero-order chi connectivity index (χ0) is 30.5. The van der Waals surface area contributed by atoms with Crippen LogP contribution >= 0.6 is 0 Å². The number of carbonyl (C=O) groups is 3. The maximum Gasteiger partial charge on any atom is 0.246 e. The average Bonchev–Trinajstić information content (AvgIpc) is 3.61. The van der Waals surface area contributed by atoms with E-state index in [0.29, 0.717) is 24.4 Å². The number of amides is 3. The fraction of sp³-hybridized carbons (Fsp3) is 0.686. The van der Waals surface area contributed by atoms with Gasteiger partial charge >= 0.3 is 0 Å². The molecule has 2 N–H and O–H groups in total. The van der Waals surface area contributed by atoms with Crippen LogP contribution in [0, 0.1) is 37.5 Å². The minimum atomic E-state index is -1.13. The number of rotatable bonds is 8. The van der Waals surface area contributed by atoms with E-state index >= 15 is 0 Å². The Morgan fingerprint density at radius 2 is 1.77 bits per heavy atom. The first-order valence-corrected chi connectivity index (χ1v) is 16.7. The van der Waals surface area contributed by atoms with E-state index in [1.54, 1.807) is 4.90 Å². The van der Waals surface area contributed by atoms with Crippen molar-refractivity contribution < 1.29 is 19.1 Å². The van der Waals surface area contributed by atoms with Gasteiger partial charge in [0.25, 0.3) is 0 Å². The summed E-state index contributed by atoms with van der Waals surface area (Å²) in [7, 11) is 0. The van der Waals surface area contributed by atoms with Gasteiger partial charge in [0.05, 0.1) is 17.9 Å². The Morgan fingerprint density at radius 1 is 1.00 bits per heavy atom. The summed E-state index contributed by atoms with van der Waals surface area (Å²) >= 11 is 0. The molecule has 1 aliphatic carbocycles. The van der Waals surface area contributed by atoms with Gasteiger partial charge in [-0.05, 0) is 81.2 Å². The molecule has 3 amide bonds. The molecule has 8 nitrogen and oxygen atoms in total. The number of likely N-dealkylation sites (tertiary alicyclic amines) is 2. The molecule has 43 heavy (non-hydrogen) atoms. The molecule has 0 aromatic heterocycles. The summed E-state index contributed by atoms with van der Waals surface area (Å²) in [6, 6.07) is 5.73. The first-order valence-electron chi connectivity index (χ1n) is 16.7. The van der Waals surface area contributed by atoms with Crippen LogP contribution in [-0.4, -0.2) is 77.0 Å². The average molecular weight is 591 g/mol. The number of hydrogen-bond donors (Lipinski definition) is 2. The van der Waals surface area contributed by atoms with Crippen LogP contribution in [0.3, 0.4) is 0 Å². The van der Waals surface area contributed by atoms with Crippen LogP contribution in [0.25, 0.3) is 0 Å². The third-order valence-corrected chi connectivity index (χ3v) is 11.3. The maximum atomic E-state index is 14.4. The minimum absolute atomic E-state index is 0.0708. The van der Waals surface area contributed by atoms with E-state index in [4.69, 9.17) is 4.74 Å². The maximum absolute atomic E-state index is 14.4. The summed E-state index contributed by atoms with van der Waals surface area (Å²) < 4.78 is 6.60. The number of aryl methyl sites for hydroxylation is 2. The molecule has 234 valence electrons. The highest BCUT2D eigenvalue weighted by atomic mass is 16.5. The van der Waals surface area contributed by atoms with E-state index in [2.05, 4.69) is 42.4 Å². The van der Waals surface area contributed by atoms with Gasteiger partial charge in [0, 0.05) is 30.9 Å². The predicted molar refractivity (Wildman–Crippen MR) is 167 cm³/mol. The molecular weight excluding hydrogens is 540 g/mol. The smallest absolute Gasteiger partial charge is 0.246 e. The van der Waals surface area contributed by atoms with Crippen molar-refractivity contribution in [2.75, 3.05) is 25.0 Å². The molecule has 9 atom stereocenters. The SMILES string of the molecule is CC[C@@H]1CCCCN1CCN1C(=O)[C@@H]2[C@H](C(=O)Nc3cc(C)cc(C)c3)[C@@H]3C=C[C@@]2(O3)[C@@H]1C(=O)N[C@@H]1CCC[C@H](C)[C@H]1C. The summed E-state index contributed by atoms with van der Waals surface area (Å²) in [5.41, 5.74) is 1.71. The number of fused-ring (bicyclic) bond motifs is 1. The van der Waals surface area contributed by atoms with E-state index in [1.807, 2.05) is 38.1 Å². The number of nitrogens with zero attached hydrogens (tertiary/aromatic N) is 2. The molecule has 4 fully saturated rings. The topological polar surface area (TPSA) is 91.0 Å². The molecule has 1 spiro atoms. The number of nitrogens with one attached hydrogen (secondary N) is 2. The molecule has 1 aromatic rings. The van der Waals surface area contributed by atoms with Crippen LogP contribution in [0.2, 0.25) is 0 Å². The predicted octanol–water partition coefficient (Wildman–Crippen LogP) is 4.60. The van der Waals surface area contributed by atoms with Gasteiger partial charge in [-0.15, -0.1) is 0 Å². The lowest BCUT2D eigenvalue weighted by molar-refractivity contribution is -0.142. The second-order valence-corrected chi connectivity index (χ2v) is 14.1. The van der Waals surface area contributed by atoms with Crippen molar-refractivity contribution in [1.82, 2.24) is 15.1 Å². The lowest BCUT2D eigenvalue weighted by Gasteiger charge is -2.39. The second kappa shape index (κ2) is 12.0. The van der Waals surface area contributed by atoms with Crippen LogP contribution in [0.5, 0.6) is 0 Å². The highest BCUT2D eigenvalue weighted by Crippen LogP contribution is 2.55. The monoisotopic (exact) mass is 590 g/mol. The van der Waals surface area contributed by atoms with Crippen LogP contribution in [0.4, 0.5) is 5.69 Å². The Labute approximate surface area is 257 Å². The number of anilines is 1. The minimum Gasteiger partial charge on any atom is -0.359 e. The Morgan fingerprint density at radius 3 is 2.51 bits per heavy atom. The normalized spacial score (nSPS) is 37.0. The molecule has 2 bridgehead atoms. The quantitative estimate of drug-likeness (QED) is 0.432. The van der Waals surface area contributed by atoms with Crippen molar-refractivity contribution in [2.45, 2.75) is 109 Å². The second-order valence-electron chi connectivity index (χ2n) is 14.1. The van der Waals surface area contributed by atoms with Gasteiger partial charge in [-0.25, -0.2) is 0 Å². The van der Waals surface area contributed by atoms with Gasteiger partial charge in [0.2, 0.25) is 17.7 Å². The number of carbonyl (C=O) groups excluding carboxylic acids is 3. The van der Waals surface area contributed by atoms with Crippen LogP contribution in [0.1, 0.15) is 76.8 Å². The zero-order valence-corrected chi connectivity index (χ0v) is 26.6. The Bertz CT molecular complexity index is 1260. The van der Waals surface area contributed by atoms with Gasteiger partial charge < -0.3 is 20.3 Å². The molecule has 6 rings (SSSR count). The van der Waals surface area contributed by atoms with Gasteiger partial charge in [-0.3, -0.25) is 19.3 Å². The largest absolute Gasteiger partial charge is 0.359 e. The first-order chi connectivity index (χ1) is 20.6. The van der Waals surface area contributed by atoms with Crippen molar-refractivity contribution in [3.63, 3.8) is 0 Å². The van der Waals surface area contributed by atoms with Crippen molar-refractivity contribution in [3.05, 3.63) is 41.5 Å². The van der Waals surface area contributed by atoms with Gasteiger partial charge in [0.15, 0.2) is 0 Å². The number of hydrogen-bond acceptors (Lipinski definition) is 5. The lowest BCUT2D eigenvalue weighted by atomic mass is 9.73. The van der Waals surface area contributed by atoms with Crippen LogP contribution < -0.4 is 10.6 Å². The Kier molecular flexibility index (Phi) is 8.46.